The lowest BCUT2D eigenvalue weighted by atomic mass is 10.0. The zero-order valence-corrected chi connectivity index (χ0v) is 36.1. The smallest absolute Gasteiger partial charge is 0.264 e. The predicted molar refractivity (Wildman–Crippen MR) is 241 cm³/mol. The number of piperidine rings is 1. The van der Waals surface area contributed by atoms with Crippen LogP contribution in [-0.4, -0.2) is 113 Å². The molecule has 0 saturated carbocycles. The van der Waals surface area contributed by atoms with Crippen LogP contribution in [-0.2, 0) is 25.5 Å². The Balaban J connectivity index is 0.791. The van der Waals surface area contributed by atoms with Gasteiger partial charge in [-0.2, -0.15) is 5.10 Å². The Morgan fingerprint density at radius 2 is 1.61 bits per heavy atom. The van der Waals surface area contributed by atoms with Gasteiger partial charge in [0.25, 0.3) is 17.7 Å². The van der Waals surface area contributed by atoms with E-state index in [1.807, 2.05) is 35.2 Å². The number of fused-ring (bicyclic) bond motifs is 2. The molecule has 4 aliphatic rings. The third-order valence-corrected chi connectivity index (χ3v) is 12.6. The van der Waals surface area contributed by atoms with Crippen LogP contribution >= 0.6 is 0 Å². The first kappa shape index (κ1) is 44.0. The van der Waals surface area contributed by atoms with Crippen molar-refractivity contribution in [2.75, 3.05) is 66.8 Å². The molecule has 0 spiro atoms. The Morgan fingerprint density at radius 1 is 0.818 bits per heavy atom. The minimum Gasteiger partial charge on any atom is -0.384 e. The van der Waals surface area contributed by atoms with Crippen molar-refractivity contribution in [2.24, 2.45) is 0 Å². The molecule has 5 N–H and O–H groups in total. The van der Waals surface area contributed by atoms with Crippen LogP contribution in [0.4, 0.5) is 31.7 Å². The minimum atomic E-state index is -1.04. The number of imide groups is 2. The van der Waals surface area contributed by atoms with Crippen LogP contribution in [0.1, 0.15) is 87.1 Å². The summed E-state index contributed by atoms with van der Waals surface area (Å²) < 4.78 is 33.4. The third-order valence-electron chi connectivity index (χ3n) is 12.6. The van der Waals surface area contributed by atoms with E-state index in [9.17, 15) is 37.5 Å². The van der Waals surface area contributed by atoms with Crippen LogP contribution in [0, 0.1) is 11.6 Å². The fraction of sp³-hybridized carbons (Fsp3) is 0.354. The number of halogens is 2. The maximum atomic E-state index is 14.0. The molecule has 1 unspecified atom stereocenters. The van der Waals surface area contributed by atoms with Gasteiger partial charge in [-0.15, -0.1) is 0 Å². The van der Waals surface area contributed by atoms with Gasteiger partial charge in [0.1, 0.15) is 17.7 Å². The summed E-state index contributed by atoms with van der Waals surface area (Å²) in [5.74, 6) is -3.52. The van der Waals surface area contributed by atoms with Gasteiger partial charge >= 0.3 is 0 Å². The number of benzene rings is 4. The van der Waals surface area contributed by atoms with Crippen molar-refractivity contribution in [1.29, 1.82) is 0 Å². The molecule has 4 aliphatic heterocycles. The molecule has 3 fully saturated rings. The molecule has 0 radical (unpaired) electrons. The topological polar surface area (TPSA) is 198 Å². The first-order valence-electron chi connectivity index (χ1n) is 22.3. The summed E-state index contributed by atoms with van der Waals surface area (Å²) in [6, 6.07) is 18.6. The summed E-state index contributed by atoms with van der Waals surface area (Å²) in [6.07, 6.45) is 3.55. The Labute approximate surface area is 378 Å². The van der Waals surface area contributed by atoms with Crippen LogP contribution in [0.15, 0.2) is 72.8 Å². The number of piperazine rings is 1. The number of aromatic amines is 1. The molecule has 6 amide bonds. The van der Waals surface area contributed by atoms with Gasteiger partial charge in [0.2, 0.25) is 17.7 Å². The van der Waals surface area contributed by atoms with E-state index in [0.29, 0.717) is 104 Å². The van der Waals surface area contributed by atoms with Gasteiger partial charge in [0, 0.05) is 93.3 Å². The number of ether oxygens (including phenoxy) is 1. The van der Waals surface area contributed by atoms with E-state index in [0.717, 1.165) is 35.1 Å². The van der Waals surface area contributed by atoms with Crippen LogP contribution in [0.2, 0.25) is 0 Å². The molecule has 4 aromatic carbocycles. The molecule has 9 rings (SSSR count). The van der Waals surface area contributed by atoms with Crippen molar-refractivity contribution in [3.05, 3.63) is 112 Å². The summed E-state index contributed by atoms with van der Waals surface area (Å²) in [4.78, 5) is 83.1. The summed E-state index contributed by atoms with van der Waals surface area (Å²) >= 11 is 0. The highest BCUT2D eigenvalue weighted by Gasteiger charge is 2.45. The molecular formula is C48H49F2N9O7. The minimum absolute atomic E-state index is 0.0417. The number of aromatic nitrogens is 2. The second-order valence-electron chi connectivity index (χ2n) is 17.0. The second kappa shape index (κ2) is 19.1. The van der Waals surface area contributed by atoms with E-state index >= 15 is 0 Å². The molecule has 1 atom stereocenters. The highest BCUT2D eigenvalue weighted by Crippen LogP contribution is 2.33. The molecule has 5 heterocycles. The van der Waals surface area contributed by atoms with E-state index in [2.05, 4.69) is 36.4 Å². The van der Waals surface area contributed by atoms with Crippen molar-refractivity contribution in [2.45, 2.75) is 63.5 Å². The monoisotopic (exact) mass is 901 g/mol. The Bertz CT molecular complexity index is 2710. The van der Waals surface area contributed by atoms with Gasteiger partial charge in [-0.05, 0) is 104 Å². The van der Waals surface area contributed by atoms with Gasteiger partial charge < -0.3 is 30.5 Å². The molecule has 5 aromatic rings. The van der Waals surface area contributed by atoms with Crippen LogP contribution in [0.5, 0.6) is 0 Å². The number of amides is 6. The first-order chi connectivity index (χ1) is 32.0. The Hall–Kier alpha value is -7.21. The lowest BCUT2D eigenvalue weighted by Crippen LogP contribution is -2.54. The van der Waals surface area contributed by atoms with Crippen LogP contribution in [0.3, 0.4) is 0 Å². The zero-order valence-electron chi connectivity index (χ0n) is 36.1. The number of carbonyl (C=O) groups is 6. The maximum Gasteiger partial charge on any atom is 0.264 e. The molecule has 66 heavy (non-hydrogen) atoms. The normalized spacial score (nSPS) is 17.8. The van der Waals surface area contributed by atoms with Crippen LogP contribution < -0.4 is 26.2 Å². The lowest BCUT2D eigenvalue weighted by molar-refractivity contribution is -0.136. The molecule has 18 heteroatoms. The molecule has 0 aliphatic carbocycles. The Morgan fingerprint density at radius 3 is 2.38 bits per heavy atom. The third kappa shape index (κ3) is 9.45. The van der Waals surface area contributed by atoms with E-state index in [4.69, 9.17) is 4.74 Å². The fourth-order valence-electron chi connectivity index (χ4n) is 9.16. The quantitative estimate of drug-likeness (QED) is 0.0687. The number of hydrogen-bond donors (Lipinski definition) is 5. The van der Waals surface area contributed by atoms with Gasteiger partial charge in [-0.1, -0.05) is 12.1 Å². The number of nitrogens with one attached hydrogen (secondary N) is 5. The predicted octanol–water partition coefficient (Wildman–Crippen LogP) is 5.61. The zero-order chi connectivity index (χ0) is 45.9. The highest BCUT2D eigenvalue weighted by molar-refractivity contribution is 6.25. The van der Waals surface area contributed by atoms with Crippen molar-refractivity contribution in [3.63, 3.8) is 0 Å². The second-order valence-corrected chi connectivity index (χ2v) is 17.0. The molecule has 0 bridgehead atoms. The molecule has 16 nitrogen and oxygen atoms in total. The number of carbonyl (C=O) groups excluding carboxylic acids is 6. The largest absolute Gasteiger partial charge is 0.384 e. The Kier molecular flexibility index (Phi) is 12.7. The molecular weight excluding hydrogens is 853 g/mol. The van der Waals surface area contributed by atoms with Crippen molar-refractivity contribution >= 4 is 69.2 Å². The van der Waals surface area contributed by atoms with Gasteiger partial charge in [-0.25, -0.2) is 8.78 Å². The number of anilines is 4. The van der Waals surface area contributed by atoms with Gasteiger partial charge in [0.05, 0.1) is 22.2 Å². The average Bonchev–Trinajstić information content (AvgIpc) is 3.82. The number of nitrogens with zero attached hydrogens (tertiary/aromatic N) is 4. The van der Waals surface area contributed by atoms with Crippen LogP contribution in [0.25, 0.3) is 10.9 Å². The van der Waals surface area contributed by atoms with E-state index < -0.39 is 41.3 Å². The summed E-state index contributed by atoms with van der Waals surface area (Å²) in [7, 11) is 0. The fourth-order valence-corrected chi connectivity index (χ4v) is 9.16. The van der Waals surface area contributed by atoms with Crippen molar-refractivity contribution in [3.8, 4) is 0 Å². The standard InChI is InChI=1S/C48H49F2N9O7/c49-30-23-29(24-31(50)26-30)22-28-7-10-37-36(25-28)44(56-55-37)54-45(62)34-9-8-33(27-39(34)52-32-13-20-66-21-14-32)57-16-18-58(19-17-57)42(61)6-1-2-15-51-38-5-3-4-35-43(38)48(65)59(47(35)64)40-11-12-41(60)53-46(40)63/h3-5,7-10,23-27,32,40,51-52H,1-2,6,11-22H2,(H,53,60,63)(H2,54,55,56,62). The van der Waals surface area contributed by atoms with Crippen molar-refractivity contribution < 1.29 is 42.3 Å². The van der Waals surface area contributed by atoms with E-state index in [-0.39, 0.29) is 48.2 Å². The summed E-state index contributed by atoms with van der Waals surface area (Å²) in [5.41, 5.74) is 4.86. The number of H-pyrrole nitrogens is 1. The molecule has 1 aromatic heterocycles. The first-order valence-corrected chi connectivity index (χ1v) is 22.3. The van der Waals surface area contributed by atoms with Gasteiger partial charge in [0.15, 0.2) is 5.82 Å². The maximum absolute atomic E-state index is 14.0. The van der Waals surface area contributed by atoms with E-state index in [1.165, 1.54) is 12.1 Å². The average molecular weight is 902 g/mol. The number of hydrogen-bond acceptors (Lipinski definition) is 11. The lowest BCUT2D eigenvalue weighted by Gasteiger charge is -2.36. The SMILES string of the molecule is O=C1CCC(N2C(=O)c3cccc(NCCCCC(=O)N4CCN(c5ccc(C(=O)Nc6n[nH]c7ccc(Cc8cc(F)cc(F)c8)cc67)c(NC6CCOCC6)c5)CC4)c3C2=O)C(=O)N1. The molecule has 342 valence electrons. The number of rotatable bonds is 14. The molecule has 3 saturated heterocycles. The number of unbranched alkanes of at least 4 members (excludes halogenated alkanes) is 1. The highest BCUT2D eigenvalue weighted by atomic mass is 19.1. The summed E-state index contributed by atoms with van der Waals surface area (Å²) in [6.45, 7) is 3.93. The van der Waals surface area contributed by atoms with Crippen molar-refractivity contribution in [1.82, 2.24) is 25.3 Å². The summed E-state index contributed by atoms with van der Waals surface area (Å²) in [5, 5.41) is 20.0. The van der Waals surface area contributed by atoms with Gasteiger partial charge in [-0.3, -0.25) is 44.1 Å². The van der Waals surface area contributed by atoms with E-state index in [1.54, 1.807) is 24.3 Å².